The van der Waals surface area contributed by atoms with Crippen LogP contribution in [0.3, 0.4) is 0 Å². The maximum absolute atomic E-state index is 12.2. The molecule has 0 aliphatic heterocycles. The van der Waals surface area contributed by atoms with Crippen LogP contribution in [0.5, 0.6) is 11.5 Å². The van der Waals surface area contributed by atoms with E-state index in [1.54, 1.807) is 75.1 Å². The van der Waals surface area contributed by atoms with Gasteiger partial charge in [-0.3, -0.25) is 33.8 Å². The summed E-state index contributed by atoms with van der Waals surface area (Å²) in [5.74, 6) is 2.49. The van der Waals surface area contributed by atoms with Crippen molar-refractivity contribution in [3.05, 3.63) is 255 Å². The molecule has 0 fully saturated rings. The summed E-state index contributed by atoms with van der Waals surface area (Å²) < 4.78 is 22.2. The minimum atomic E-state index is -0.941. The molecule has 20 aromatic rings. The smallest absolute Gasteiger partial charge is 0.347 e. The number of fused-ring (bicyclic) bond motifs is 6. The Morgan fingerprint density at radius 2 is 1.19 bits per heavy atom. The highest BCUT2D eigenvalue weighted by Gasteiger charge is 2.21. The number of carboxylic acid groups (broad SMARTS) is 1. The Bertz CT molecular complexity index is 7390. The lowest BCUT2D eigenvalue weighted by Gasteiger charge is -2.08. The third kappa shape index (κ3) is 26.4. The molecule has 684 valence electrons. The quantitative estimate of drug-likeness (QED) is 0.0279. The average Bonchev–Trinajstić information content (AvgIpc) is 1.67. The third-order valence-electron chi connectivity index (χ3n) is 17.8. The van der Waals surface area contributed by atoms with Crippen LogP contribution < -0.4 is 32.9 Å². The summed E-state index contributed by atoms with van der Waals surface area (Å²) in [6.07, 6.45) is 10.8. The fraction of sp³-hybridized carbons (Fsp3) is 0.230. The Hall–Kier alpha value is -19.4. The van der Waals surface area contributed by atoms with E-state index in [1.165, 1.54) is 35.0 Å². The van der Waals surface area contributed by atoms with Crippen molar-refractivity contribution in [2.45, 2.75) is 99.0 Å². The van der Waals surface area contributed by atoms with Crippen molar-refractivity contribution in [3.63, 3.8) is 0 Å². The maximum atomic E-state index is 12.2. The first-order valence-corrected chi connectivity index (χ1v) is 39.4. The Labute approximate surface area is 745 Å². The molecule has 0 amide bonds. The van der Waals surface area contributed by atoms with E-state index in [0.717, 1.165) is 76.8 Å². The van der Waals surface area contributed by atoms with E-state index in [-0.39, 0.29) is 71.7 Å². The van der Waals surface area contributed by atoms with E-state index >= 15 is 0 Å². The molecule has 0 bridgehead atoms. The van der Waals surface area contributed by atoms with E-state index in [2.05, 4.69) is 210 Å². The Morgan fingerprint density at radius 3 is 1.84 bits per heavy atom. The maximum Gasteiger partial charge on any atom is 0.347 e. The van der Waals surface area contributed by atoms with Gasteiger partial charge < -0.3 is 34.8 Å². The fourth-order valence-electron chi connectivity index (χ4n) is 11.5. The molecule has 0 unspecified atom stereocenters. The number of aromatic hydroxyl groups is 1. The average molecular weight is 1830 g/mol. The van der Waals surface area contributed by atoms with Gasteiger partial charge in [0.15, 0.2) is 40.5 Å². The highest BCUT2D eigenvalue weighted by Crippen LogP contribution is 2.24. The Balaban J connectivity index is 0.000000135. The number of nitrogen functional groups attached to an aromatic ring is 1. The molecule has 134 heavy (non-hydrogen) atoms. The number of para-hydroxylation sites is 1. The number of carboxylic acids is 1. The molecule has 60 nitrogen and oxygen atoms in total. The van der Waals surface area contributed by atoms with Crippen molar-refractivity contribution in [3.8, 4) is 34.3 Å². The zero-order chi connectivity index (χ0) is 94.7. The lowest BCUT2D eigenvalue weighted by atomic mass is 10.0. The lowest BCUT2D eigenvalue weighted by molar-refractivity contribution is -0.142. The first kappa shape index (κ1) is 93.7. The number of tetrazole rings is 10. The number of nitrogens with two attached hydrogens (primary N) is 1. The van der Waals surface area contributed by atoms with Crippen LogP contribution in [0.15, 0.2) is 164 Å². The molecule has 0 radical (unpaired) electrons. The van der Waals surface area contributed by atoms with Crippen LogP contribution in [0.4, 0.5) is 5.95 Å². The number of benzene rings is 4. The number of anilines is 1. The zero-order valence-electron chi connectivity index (χ0n) is 71.0. The topological polar surface area (TPSA) is 809 Å². The van der Waals surface area contributed by atoms with Gasteiger partial charge in [0.25, 0.3) is 28.5 Å². The Morgan fingerprint density at radius 1 is 0.560 bits per heavy atom. The van der Waals surface area contributed by atoms with Crippen LogP contribution in [0.2, 0.25) is 0 Å². The van der Waals surface area contributed by atoms with Gasteiger partial charge in [0.2, 0.25) is 17.6 Å². The molecule has 0 saturated carbocycles. The number of methoxy groups -OCH3 is 1. The number of Topliss-reactive ketones (excluding diaryl/α,β-unsaturated/α-hetero) is 2. The van der Waals surface area contributed by atoms with E-state index in [4.69, 9.17) is 20.0 Å². The highest BCUT2D eigenvalue weighted by molar-refractivity contribution is 6.00. The van der Waals surface area contributed by atoms with Gasteiger partial charge in [-0.2, -0.15) is 49.3 Å². The molecule has 1 aliphatic rings. The minimum absolute atomic E-state index is 0.0179. The number of hydrogen-bond acceptors (Lipinski definition) is 46. The molecular weight excluding hydrogens is 1760 g/mol. The summed E-state index contributed by atoms with van der Waals surface area (Å²) >= 11 is 0. The second kappa shape index (κ2) is 46.7. The summed E-state index contributed by atoms with van der Waals surface area (Å²) in [6, 6.07) is 34.6. The number of ether oxygens (including phenoxy) is 2. The molecule has 1 aliphatic carbocycles. The molecule has 60 heteroatoms. The number of nitrogens with zero attached hydrogens (tertiary/aromatic N) is 38. The minimum Gasteiger partial charge on any atom is -0.507 e. The predicted octanol–water partition coefficient (Wildman–Crippen LogP) is -0.982. The molecular formula is C74H75N47O13. The highest BCUT2D eigenvalue weighted by atomic mass is 16.5. The van der Waals surface area contributed by atoms with E-state index in [1.807, 2.05) is 99.4 Å². The van der Waals surface area contributed by atoms with Gasteiger partial charge in [-0.1, -0.05) is 105 Å². The van der Waals surface area contributed by atoms with E-state index in [9.17, 15) is 43.5 Å². The first-order valence-electron chi connectivity index (χ1n) is 39.4. The van der Waals surface area contributed by atoms with Crippen LogP contribution in [-0.4, -0.2) is 281 Å². The van der Waals surface area contributed by atoms with Crippen LogP contribution in [0.1, 0.15) is 111 Å². The second-order valence-electron chi connectivity index (χ2n) is 26.9. The number of hydrogen-bond donors (Lipinski definition) is 11. The van der Waals surface area contributed by atoms with Crippen LogP contribution >= 0.6 is 0 Å². The van der Waals surface area contributed by atoms with Crippen LogP contribution in [-0.2, 0) is 72.2 Å². The van der Waals surface area contributed by atoms with Crippen molar-refractivity contribution in [2.24, 2.45) is 0 Å². The summed E-state index contributed by atoms with van der Waals surface area (Å²) in [6.45, 7) is 10.4. The number of nitrogens with one attached hydrogen (secondary N) is 8. The van der Waals surface area contributed by atoms with E-state index in [0.29, 0.717) is 93.4 Å². The predicted molar refractivity (Wildman–Crippen MR) is 453 cm³/mol. The van der Waals surface area contributed by atoms with Gasteiger partial charge in [-0.15, -0.1) is 61.2 Å². The van der Waals surface area contributed by atoms with Crippen molar-refractivity contribution < 1.29 is 43.3 Å². The van der Waals surface area contributed by atoms with Crippen molar-refractivity contribution >= 4 is 63.4 Å². The van der Waals surface area contributed by atoms with Crippen LogP contribution in [0.25, 0.3) is 56.7 Å². The molecule has 0 spiro atoms. The zero-order valence-corrected chi connectivity index (χ0v) is 71.0. The van der Waals surface area contributed by atoms with Gasteiger partial charge in [0.1, 0.15) is 41.1 Å². The SMILES string of the molecule is CCOC(=O)Cc1nn[nH]n1.CCc1ccc(O)c(C(=O)Cc2nn[nH]n2)c1.CCc1ccc(OC)c(C(=O)Cc2nn[nH]n2)c1.Cc1cc2nnnn2c(N)n1.Cc1ccn2nnnc2n1.O=C(O)Cc1nnnn1Cc1ccccc1.O=c1[nH]cc(-c2nn[nH]n2)c(=O)[nH]1.O=c1c2c(nc3nn[nH]n13)CCC2.O=c1oc2ccccc2cc1-c1nn[nH]n1.c1cnc2nnnn2c1. The number of ketones is 2. The number of esters is 1. The number of carbonyl (C=O) groups is 4. The van der Waals surface area contributed by atoms with E-state index < -0.39 is 22.8 Å². The third-order valence-corrected chi connectivity index (χ3v) is 17.8. The number of phenols is 1. The molecule has 16 heterocycles. The standard InChI is InChI=1S/C12H14N4O2.C11H12N4O2.C10H6N4O2.C10H10N4O2.C7H7N5O.C5H4N6O2.C5H6N6.C5H5N5.C5H8N4O2.C4H3N5/c1-3-8-4-5-11(18-2)9(6-8)10(17)7-12-13-15-16-14-12;1-2-7-3-4-9(16)8(5-7)10(17)6-11-12-14-15-13-11;15-10-7(9-11-13-14-12-9)5-6-3-1-2-4-8(6)16-10;15-10(16)6-9-11-12-13-14(9)7-8-4-2-1-3-5-8;13-6-4-2-1-3-5(4)8-7-9-10-11-12(6)7;12-4-2(1-6-5(13)7-4)3-8-10-11-9-3;1-3-2-4-8-9-10-11(4)5(6)7-3;1-4-2-3-10-5(6-4)7-8-9-10;1-2-11-5(10)3-4-6-8-9-7-4;1-2-5-4-6-7-8-9(4)3-1/h4-6H,3,7H2,1-2H3,(H,13,14,15,16);3-5,16H,2,6H2,1H3,(H,12,13,14,15);1-5H,(H,11,12,13,14);1-5H,6-7H2,(H,15,16);1-3H2,(H,8,9,11);1H,(H2,6,7,12,13)(H,8,9,10,11);2H,1H3,(H2,6,7);2-3H,1H3;2-3H2,1H3,(H,6,7,8,9);1-3H. The van der Waals surface area contributed by atoms with Crippen LogP contribution in [0, 0.1) is 13.8 Å². The first-order chi connectivity index (χ1) is 65.1. The molecule has 16 aromatic heterocycles. The summed E-state index contributed by atoms with van der Waals surface area (Å²) in [7, 11) is 1.55. The van der Waals surface area contributed by atoms with Crippen molar-refractivity contribution in [1.29, 1.82) is 0 Å². The molecule has 0 atom stereocenters. The molecule has 4 aromatic carbocycles. The van der Waals surface area contributed by atoms with Gasteiger partial charge in [0, 0.05) is 53.2 Å². The van der Waals surface area contributed by atoms with Gasteiger partial charge >= 0.3 is 23.3 Å². The summed E-state index contributed by atoms with van der Waals surface area (Å²) in [5, 5.41) is 137. The number of H-pyrrole nitrogens is 8. The number of carbonyl (C=O) groups excluding carboxylic acids is 3. The second-order valence-corrected chi connectivity index (χ2v) is 26.9. The summed E-state index contributed by atoms with van der Waals surface area (Å²) in [4.78, 5) is 111. The van der Waals surface area contributed by atoms with Crippen molar-refractivity contribution in [2.75, 3.05) is 19.5 Å². The number of aliphatic carboxylic acids is 1. The fourth-order valence-corrected chi connectivity index (χ4v) is 11.5. The largest absolute Gasteiger partial charge is 0.507 e. The number of aromatic nitrogens is 46. The normalized spacial score (nSPS) is 10.8. The number of aryl methyl sites for hydroxylation is 5. The molecule has 0 saturated heterocycles. The number of aromatic amines is 8. The lowest BCUT2D eigenvalue weighted by Crippen LogP contribution is -2.22. The van der Waals surface area contributed by atoms with Gasteiger partial charge in [-0.05, 0) is 175 Å². The molecule has 12 N–H and O–H groups in total. The van der Waals surface area contributed by atoms with Gasteiger partial charge in [0.05, 0.1) is 49.9 Å². The molecule has 21 rings (SSSR count). The van der Waals surface area contributed by atoms with Crippen molar-refractivity contribution in [1.82, 2.24) is 233 Å². The summed E-state index contributed by atoms with van der Waals surface area (Å²) in [5.41, 5.74) is 12.9. The number of rotatable bonds is 18. The number of phenolic OH excluding ortho intramolecular Hbond substituents is 1. The monoisotopic (exact) mass is 1830 g/mol. The Kier molecular flexibility index (Phi) is 32.7. The van der Waals surface area contributed by atoms with Gasteiger partial charge in [-0.25, -0.2) is 34.2 Å².